The van der Waals surface area contributed by atoms with Gasteiger partial charge in [0.25, 0.3) is 0 Å². The molecule has 0 bridgehead atoms. The van der Waals surface area contributed by atoms with Gasteiger partial charge in [0, 0.05) is 48.1 Å². The van der Waals surface area contributed by atoms with Gasteiger partial charge in [-0.2, -0.15) is 0 Å². The van der Waals surface area contributed by atoms with Gasteiger partial charge in [-0.15, -0.1) is 0 Å². The molecule has 0 N–H and O–H groups in total. The Morgan fingerprint density at radius 2 is 1.44 bits per heavy atom. The molecule has 3 aromatic rings. The molecule has 0 aliphatic heterocycles. The molecule has 0 aromatic carbocycles. The summed E-state index contributed by atoms with van der Waals surface area (Å²) in [6, 6.07) is 4.25. The molecule has 0 aliphatic carbocycles. The molecule has 0 amide bonds. The summed E-state index contributed by atoms with van der Waals surface area (Å²) in [4.78, 5) is 8.62. The first-order valence-electron chi connectivity index (χ1n) is 6.30. The maximum atomic E-state index is 4.31. The van der Waals surface area contributed by atoms with E-state index in [4.69, 9.17) is 0 Å². The molecule has 92 valence electrons. The van der Waals surface area contributed by atoms with E-state index >= 15 is 0 Å². The smallest absolute Gasteiger partial charge is 0.0398 e. The second-order valence-electron chi connectivity index (χ2n) is 4.24. The number of aromatic nitrogens is 2. The maximum Gasteiger partial charge on any atom is 0.0398 e. The summed E-state index contributed by atoms with van der Waals surface area (Å²) in [6.07, 6.45) is 7.81. The van der Waals surface area contributed by atoms with Gasteiger partial charge >= 0.3 is 0 Å². The largest absolute Gasteiger partial charge is 0.264 e. The monoisotopic (exact) mass is 257 g/mol. The number of pyridine rings is 2. The lowest BCUT2D eigenvalue weighted by molar-refractivity contribution is 0.939. The zero-order chi connectivity index (χ0) is 12.5. The van der Waals surface area contributed by atoms with Gasteiger partial charge in [-0.1, -0.05) is 13.8 Å². The third kappa shape index (κ3) is 1.63. The summed E-state index contributed by atoms with van der Waals surface area (Å²) in [5, 5.41) is 5.42. The Balaban J connectivity index is 2.45. The average molecular weight is 257 g/mol. The lowest BCUT2D eigenvalue weighted by Crippen LogP contribution is -2.17. The van der Waals surface area contributed by atoms with Gasteiger partial charge in [0.2, 0.25) is 0 Å². The first-order valence-corrected chi connectivity index (χ1v) is 7.59. The van der Waals surface area contributed by atoms with Crippen molar-refractivity contribution in [2.75, 3.05) is 17.8 Å². The van der Waals surface area contributed by atoms with Crippen molar-refractivity contribution in [3.05, 3.63) is 36.9 Å². The van der Waals surface area contributed by atoms with Crippen LogP contribution < -0.4 is 4.67 Å². The molecular weight excluding hydrogens is 241 g/mol. The molecular formula is C14H16N3P. The zero-order valence-corrected chi connectivity index (χ0v) is 11.6. The van der Waals surface area contributed by atoms with E-state index in [2.05, 4.69) is 40.6 Å². The van der Waals surface area contributed by atoms with Crippen molar-refractivity contribution in [1.29, 1.82) is 0 Å². The van der Waals surface area contributed by atoms with Crippen molar-refractivity contribution >= 4 is 28.7 Å². The molecule has 0 unspecified atom stereocenters. The van der Waals surface area contributed by atoms with E-state index < -0.39 is 7.68 Å². The molecule has 3 rings (SSSR count). The summed E-state index contributed by atoms with van der Waals surface area (Å²) in [5.74, 6) is 0. The molecule has 0 spiro atoms. The Kier molecular flexibility index (Phi) is 3.02. The molecule has 0 saturated carbocycles. The van der Waals surface area contributed by atoms with Gasteiger partial charge in [0.15, 0.2) is 0 Å². The van der Waals surface area contributed by atoms with Gasteiger partial charge in [0.05, 0.1) is 0 Å². The van der Waals surface area contributed by atoms with Gasteiger partial charge in [-0.25, -0.2) is 0 Å². The topological polar surface area (TPSA) is 29.0 Å². The van der Waals surface area contributed by atoms with E-state index in [0.717, 1.165) is 13.1 Å². The zero-order valence-electron chi connectivity index (χ0n) is 10.7. The van der Waals surface area contributed by atoms with Crippen LogP contribution in [0.5, 0.6) is 0 Å². The van der Waals surface area contributed by atoms with E-state index in [0.29, 0.717) is 0 Å². The molecule has 0 fully saturated rings. The van der Waals surface area contributed by atoms with Crippen LogP contribution in [0, 0.1) is 0 Å². The number of hydrogen-bond acceptors (Lipinski definition) is 3. The Hall–Kier alpha value is -1.44. The first kappa shape index (κ1) is 11.6. The van der Waals surface area contributed by atoms with Crippen LogP contribution in [0.15, 0.2) is 36.9 Å². The van der Waals surface area contributed by atoms with Crippen molar-refractivity contribution in [1.82, 2.24) is 9.97 Å². The maximum absolute atomic E-state index is 4.31. The molecule has 3 heterocycles. The molecule has 3 nitrogen and oxygen atoms in total. The van der Waals surface area contributed by atoms with Crippen molar-refractivity contribution in [2.45, 2.75) is 13.8 Å². The van der Waals surface area contributed by atoms with Gasteiger partial charge in [-0.3, -0.25) is 14.6 Å². The Bertz CT molecular complexity index is 632. The normalized spacial score (nSPS) is 11.7. The minimum absolute atomic E-state index is 0.432. The standard InChI is InChI=1S/C14H16N3P/c1-3-17(4-2)18-13-9-15-7-5-11(13)12-6-8-16-10-14(12)18/h5-10H,3-4H2,1-2H3. The molecule has 0 atom stereocenters. The summed E-state index contributed by atoms with van der Waals surface area (Å²) >= 11 is 0. The molecule has 3 aromatic heterocycles. The number of nitrogens with zero attached hydrogens (tertiary/aromatic N) is 3. The van der Waals surface area contributed by atoms with Gasteiger partial charge < -0.3 is 0 Å². The van der Waals surface area contributed by atoms with Gasteiger partial charge in [-0.05, 0) is 30.6 Å². The van der Waals surface area contributed by atoms with Crippen molar-refractivity contribution in [2.24, 2.45) is 0 Å². The van der Waals surface area contributed by atoms with Crippen molar-refractivity contribution in [3.8, 4) is 0 Å². The number of fused-ring (bicyclic) bond motifs is 3. The lowest BCUT2D eigenvalue weighted by atomic mass is 10.2. The Morgan fingerprint density at radius 1 is 0.944 bits per heavy atom. The minimum Gasteiger partial charge on any atom is -0.264 e. The second-order valence-corrected chi connectivity index (χ2v) is 6.39. The Labute approximate surface area is 108 Å². The highest BCUT2D eigenvalue weighted by atomic mass is 31.1. The minimum atomic E-state index is -0.432. The molecule has 18 heavy (non-hydrogen) atoms. The van der Waals surface area contributed by atoms with Gasteiger partial charge in [0.1, 0.15) is 0 Å². The fourth-order valence-corrected chi connectivity index (χ4v) is 5.14. The number of hydrogen-bond donors (Lipinski definition) is 0. The summed E-state index contributed by atoms with van der Waals surface area (Å²) in [5.41, 5.74) is 0. The fraction of sp³-hybridized carbons (Fsp3) is 0.286. The predicted octanol–water partition coefficient (Wildman–Crippen LogP) is 3.75. The van der Waals surface area contributed by atoms with E-state index in [1.807, 2.05) is 24.8 Å². The Morgan fingerprint density at radius 3 is 1.89 bits per heavy atom. The van der Waals surface area contributed by atoms with Crippen LogP contribution in [0.3, 0.4) is 0 Å². The third-order valence-corrected chi connectivity index (χ3v) is 6.12. The van der Waals surface area contributed by atoms with E-state index in [-0.39, 0.29) is 0 Å². The molecule has 0 aliphatic rings. The molecule has 0 saturated heterocycles. The molecule has 0 radical (unpaired) electrons. The van der Waals surface area contributed by atoms with Crippen LogP contribution in [0.1, 0.15) is 13.8 Å². The second kappa shape index (κ2) is 4.68. The summed E-state index contributed by atoms with van der Waals surface area (Å²) in [7, 11) is -0.432. The number of rotatable bonds is 3. The molecule has 4 heteroatoms. The average Bonchev–Trinajstić information content (AvgIpc) is 2.76. The van der Waals surface area contributed by atoms with Crippen molar-refractivity contribution in [3.63, 3.8) is 0 Å². The van der Waals surface area contributed by atoms with Crippen LogP contribution in [-0.2, 0) is 0 Å². The highest BCUT2D eigenvalue weighted by Gasteiger charge is 2.15. The quantitative estimate of drug-likeness (QED) is 0.715. The van der Waals surface area contributed by atoms with E-state index in [9.17, 15) is 0 Å². The van der Waals surface area contributed by atoms with E-state index in [1.165, 1.54) is 21.0 Å². The van der Waals surface area contributed by atoms with Crippen molar-refractivity contribution < 1.29 is 0 Å². The highest BCUT2D eigenvalue weighted by Crippen LogP contribution is 2.49. The summed E-state index contributed by atoms with van der Waals surface area (Å²) < 4.78 is 2.52. The first-order chi connectivity index (χ1) is 8.86. The fourth-order valence-electron chi connectivity index (χ4n) is 2.51. The van der Waals surface area contributed by atoms with Crippen LogP contribution in [0.25, 0.3) is 21.0 Å². The van der Waals surface area contributed by atoms with Crippen LogP contribution in [0.2, 0.25) is 0 Å². The third-order valence-electron chi connectivity index (χ3n) is 3.36. The highest BCUT2D eigenvalue weighted by molar-refractivity contribution is 7.62. The SMILES string of the molecule is CCN(CC)p1c2cnccc2c2ccncc21. The van der Waals surface area contributed by atoms with Crippen LogP contribution in [-0.4, -0.2) is 23.1 Å². The van der Waals surface area contributed by atoms with Crippen LogP contribution in [0.4, 0.5) is 0 Å². The van der Waals surface area contributed by atoms with Crippen LogP contribution >= 0.6 is 7.68 Å². The van der Waals surface area contributed by atoms with E-state index in [1.54, 1.807) is 0 Å². The lowest BCUT2D eigenvalue weighted by Gasteiger charge is -2.19. The summed E-state index contributed by atoms with van der Waals surface area (Å²) in [6.45, 7) is 6.56. The predicted molar refractivity (Wildman–Crippen MR) is 79.1 cm³/mol.